The number of esters is 3. The number of carbonyl (C=O) groups is 3. The van der Waals surface area contributed by atoms with Gasteiger partial charge in [0, 0.05) is 36.9 Å². The maximum absolute atomic E-state index is 14.8. The molecule has 19 atom stereocenters. The average molecular weight is 1230 g/mol. The number of aliphatic hydroxyl groups is 1. The summed E-state index contributed by atoms with van der Waals surface area (Å²) in [5.41, 5.74) is -1.61. The van der Waals surface area contributed by atoms with Gasteiger partial charge in [0.2, 0.25) is 0 Å². The maximum atomic E-state index is 14.8. The minimum absolute atomic E-state index is 0.00410. The highest BCUT2D eigenvalue weighted by atomic mass is 28.4. The second-order valence-electron chi connectivity index (χ2n) is 26.7. The van der Waals surface area contributed by atoms with Crippen molar-refractivity contribution < 1.29 is 75.4 Å². The standard InChI is InChI=1S/C65H108O16Si3/c1-17-27-54(67)72-39-42(11)65(69)53(37-49-47-36-52(71-16)64-38-45(64)32-34-62(64,13)48(47)33-35-63(49,65)14)76-60-57(75-43(12)66)55(50(40-73-60)79-82(18-2,19-3)20-4)78-61-58(77-59(68)44-28-30-46(70-15)31-29-44)56(81-84(24-8,25-9)26-10)51(41-74-61)80-83(21-5,22-6)23-7/h17,27-31,42,45,47-53,55-58,60-61,69H,18-26,32-41H2,1-16H3/b27-17+/t42-,45+,47-,48+,49+,50+,51-,52-,53+,55+,56+,57-,58-,60+,61+,62-,63+,64-,65-/m1/s1. The Kier molecular flexibility index (Phi) is 21.9. The molecule has 1 N–H and O–H groups in total. The number of methoxy groups -OCH3 is 2. The van der Waals surface area contributed by atoms with E-state index >= 15 is 0 Å². The number of benzene rings is 1. The molecule has 0 radical (unpaired) electrons. The van der Waals surface area contributed by atoms with Crippen LogP contribution in [0.1, 0.15) is 152 Å². The Balaban J connectivity index is 1.22. The van der Waals surface area contributed by atoms with Gasteiger partial charge < -0.3 is 61.0 Å². The zero-order valence-electron chi connectivity index (χ0n) is 54.1. The summed E-state index contributed by atoms with van der Waals surface area (Å²) in [6, 6.07) is 14.4. The quantitative estimate of drug-likeness (QED) is 0.0362. The Morgan fingerprint density at radius 1 is 0.679 bits per heavy atom. The van der Waals surface area contributed by atoms with Gasteiger partial charge >= 0.3 is 17.9 Å². The molecule has 2 saturated heterocycles. The summed E-state index contributed by atoms with van der Waals surface area (Å²) in [5.74, 6) is -0.283. The lowest BCUT2D eigenvalue weighted by Gasteiger charge is -2.61. The van der Waals surface area contributed by atoms with Crippen molar-refractivity contribution in [1.29, 1.82) is 0 Å². The van der Waals surface area contributed by atoms with Crippen LogP contribution in [-0.4, -0.2) is 149 Å². The predicted octanol–water partition coefficient (Wildman–Crippen LogP) is 12.6. The van der Waals surface area contributed by atoms with E-state index in [1.54, 1.807) is 44.4 Å². The van der Waals surface area contributed by atoms with E-state index in [4.69, 9.17) is 55.9 Å². The summed E-state index contributed by atoms with van der Waals surface area (Å²) in [4.78, 5) is 41.7. The van der Waals surface area contributed by atoms with Gasteiger partial charge in [-0.05, 0) is 160 Å². The molecule has 0 amide bonds. The van der Waals surface area contributed by atoms with Crippen molar-refractivity contribution in [1.82, 2.24) is 0 Å². The molecular weight excluding hydrogens is 1120 g/mol. The second kappa shape index (κ2) is 27.3. The zero-order chi connectivity index (χ0) is 61.2. The van der Waals surface area contributed by atoms with Crippen LogP contribution in [0.15, 0.2) is 36.4 Å². The normalized spacial score (nSPS) is 37.8. The van der Waals surface area contributed by atoms with Gasteiger partial charge in [0.15, 0.2) is 49.7 Å². The van der Waals surface area contributed by atoms with Crippen LogP contribution in [0.3, 0.4) is 0 Å². The lowest BCUT2D eigenvalue weighted by Crippen LogP contribution is -2.66. The molecule has 476 valence electrons. The molecule has 7 fully saturated rings. The summed E-state index contributed by atoms with van der Waals surface area (Å²) in [6.45, 7) is 29.5. The van der Waals surface area contributed by atoms with Crippen LogP contribution in [0.25, 0.3) is 0 Å². The fourth-order valence-corrected chi connectivity index (χ4v) is 26.6. The van der Waals surface area contributed by atoms with E-state index < -0.39 is 115 Å². The molecule has 1 spiro atoms. The Bertz CT molecular complexity index is 2380. The van der Waals surface area contributed by atoms with E-state index in [0.29, 0.717) is 29.6 Å². The summed E-state index contributed by atoms with van der Waals surface area (Å²) in [7, 11) is -3.89. The van der Waals surface area contributed by atoms with Gasteiger partial charge in [-0.25, -0.2) is 9.59 Å². The van der Waals surface area contributed by atoms with E-state index in [1.165, 1.54) is 32.3 Å². The van der Waals surface area contributed by atoms with Crippen LogP contribution >= 0.6 is 0 Å². The molecule has 5 saturated carbocycles. The summed E-state index contributed by atoms with van der Waals surface area (Å²) >= 11 is 0. The molecule has 0 unspecified atom stereocenters. The molecule has 16 nitrogen and oxygen atoms in total. The molecule has 0 bridgehead atoms. The monoisotopic (exact) mass is 1230 g/mol. The number of rotatable bonds is 28. The molecule has 1 aromatic rings. The number of fused-ring (bicyclic) bond motifs is 4. The molecule has 7 aliphatic rings. The van der Waals surface area contributed by atoms with Gasteiger partial charge in [-0.15, -0.1) is 0 Å². The third-order valence-corrected chi connectivity index (χ3v) is 37.8. The molecule has 5 aliphatic carbocycles. The first-order valence-corrected chi connectivity index (χ1v) is 40.3. The smallest absolute Gasteiger partial charge is 0.338 e. The van der Waals surface area contributed by atoms with Crippen LogP contribution in [0.5, 0.6) is 5.75 Å². The average Bonchev–Trinajstić information content (AvgIpc) is 1.51. The first-order valence-electron chi connectivity index (χ1n) is 32.7. The highest BCUT2D eigenvalue weighted by molar-refractivity contribution is 6.74. The van der Waals surface area contributed by atoms with E-state index in [9.17, 15) is 19.5 Å². The van der Waals surface area contributed by atoms with Crippen LogP contribution in [0.4, 0.5) is 0 Å². The second-order valence-corrected chi connectivity index (χ2v) is 40.9. The highest BCUT2D eigenvalue weighted by Gasteiger charge is 2.79. The molecule has 8 rings (SSSR count). The first kappa shape index (κ1) is 67.4. The zero-order valence-corrected chi connectivity index (χ0v) is 57.1. The Labute approximate surface area is 506 Å². The Morgan fingerprint density at radius 2 is 1.21 bits per heavy atom. The molecule has 1 aromatic carbocycles. The fourth-order valence-electron chi connectivity index (χ4n) is 18.0. The van der Waals surface area contributed by atoms with E-state index in [2.05, 4.69) is 76.2 Å². The molecule has 2 aliphatic heterocycles. The highest BCUT2D eigenvalue weighted by Crippen LogP contribution is 2.82. The minimum Gasteiger partial charge on any atom is -0.497 e. The van der Waals surface area contributed by atoms with E-state index in [1.807, 2.05) is 14.0 Å². The van der Waals surface area contributed by atoms with Crippen LogP contribution in [0.2, 0.25) is 54.4 Å². The van der Waals surface area contributed by atoms with Crippen molar-refractivity contribution in [3.05, 3.63) is 42.0 Å². The summed E-state index contributed by atoms with van der Waals surface area (Å²) in [6.07, 6.45) is 0.775. The van der Waals surface area contributed by atoms with E-state index in [-0.39, 0.29) is 48.6 Å². The topological polar surface area (TPSA) is 182 Å². The Hall–Kier alpha value is -2.54. The molecule has 0 aromatic heterocycles. The Morgan fingerprint density at radius 3 is 1.74 bits per heavy atom. The van der Waals surface area contributed by atoms with Crippen molar-refractivity contribution in [2.45, 2.75) is 263 Å². The maximum Gasteiger partial charge on any atom is 0.338 e. The van der Waals surface area contributed by atoms with Crippen LogP contribution in [-0.2, 0) is 60.8 Å². The number of allylic oxidation sites excluding steroid dienone is 1. The van der Waals surface area contributed by atoms with Crippen LogP contribution in [0, 0.1) is 45.8 Å². The van der Waals surface area contributed by atoms with Crippen molar-refractivity contribution in [2.24, 2.45) is 45.8 Å². The summed E-state index contributed by atoms with van der Waals surface area (Å²) in [5, 5.41) is 14.1. The number of hydrogen-bond acceptors (Lipinski definition) is 16. The fraction of sp³-hybridized carbons (Fsp3) is 0.831. The number of ether oxygens (including phenoxy) is 9. The van der Waals surface area contributed by atoms with Gasteiger partial charge in [0.1, 0.15) is 23.6 Å². The number of carbonyl (C=O) groups excluding carboxylic acids is 3. The molecule has 2 heterocycles. The lowest BCUT2D eigenvalue weighted by molar-refractivity contribution is -0.343. The van der Waals surface area contributed by atoms with Gasteiger partial charge in [-0.1, -0.05) is 89.2 Å². The molecule has 19 heteroatoms. The van der Waals surface area contributed by atoms with Gasteiger partial charge in [0.05, 0.1) is 56.9 Å². The van der Waals surface area contributed by atoms with Crippen LogP contribution < -0.4 is 4.74 Å². The van der Waals surface area contributed by atoms with Crippen molar-refractivity contribution in [3.63, 3.8) is 0 Å². The number of hydrogen-bond donors (Lipinski definition) is 1. The van der Waals surface area contributed by atoms with Crippen molar-refractivity contribution in [2.75, 3.05) is 34.0 Å². The summed E-state index contributed by atoms with van der Waals surface area (Å²) < 4.78 is 82.3. The van der Waals surface area contributed by atoms with Gasteiger partial charge in [-0.3, -0.25) is 4.79 Å². The first-order chi connectivity index (χ1) is 40.1. The van der Waals surface area contributed by atoms with Crippen molar-refractivity contribution in [3.8, 4) is 5.75 Å². The van der Waals surface area contributed by atoms with Gasteiger partial charge in [-0.2, -0.15) is 0 Å². The third-order valence-electron chi connectivity index (χ3n) is 23.8. The predicted molar refractivity (Wildman–Crippen MR) is 329 cm³/mol. The van der Waals surface area contributed by atoms with E-state index in [0.717, 1.165) is 73.7 Å². The largest absolute Gasteiger partial charge is 0.497 e. The molecular formula is C65H108O16Si3. The minimum atomic E-state index is -2.51. The SMILES string of the molecule is C/C=C/C(=O)OC[C@@H](C)[C@@]1(O)[C@@H](O[C@@H]2OC[C@H](O[Si](CC)(CC)CC)[C@H](O[C@@H]3OC[C@@H](O[Si](CC)(CC)CC)[C@H](O[Si](CC)(CC)CC)[C@H]3OC(=O)c3ccc(OC)cc3)[C@H]2OC(C)=O)C[C@H]2[C@@H]3C[C@@H](OC)[C@@]45C[C@@H]4CC[C@]5(C)[C@H]3CC[C@@]21C. The molecule has 84 heavy (non-hydrogen) atoms. The van der Waals surface area contributed by atoms with Crippen molar-refractivity contribution >= 4 is 42.9 Å². The third kappa shape index (κ3) is 12.2. The lowest BCUT2D eigenvalue weighted by atomic mass is 9.44. The van der Waals surface area contributed by atoms with Gasteiger partial charge in [0.25, 0.3) is 0 Å².